The van der Waals surface area contributed by atoms with E-state index in [1.165, 1.54) is 25.3 Å². The standard InChI is InChI=1S/C16H18FN3O3/c1-22-10-14(18)16(21)20-11-5-6-15(13(17)8-11)23-9-12-4-2-3-7-19-12/h2-8,14H,9-10,18H2,1H3,(H,20,21). The number of hydrogen-bond donors (Lipinski definition) is 2. The Balaban J connectivity index is 1.96. The number of rotatable bonds is 7. The lowest BCUT2D eigenvalue weighted by Gasteiger charge is -2.12. The number of hydrogen-bond acceptors (Lipinski definition) is 5. The van der Waals surface area contributed by atoms with E-state index in [0.717, 1.165) is 0 Å². The number of benzene rings is 1. The number of nitrogens with zero attached hydrogens (tertiary/aromatic N) is 1. The van der Waals surface area contributed by atoms with Crippen molar-refractivity contribution in [3.05, 3.63) is 54.1 Å². The molecule has 23 heavy (non-hydrogen) atoms. The van der Waals surface area contributed by atoms with Gasteiger partial charge < -0.3 is 20.5 Å². The van der Waals surface area contributed by atoms with Gasteiger partial charge in [-0.05, 0) is 24.3 Å². The van der Waals surface area contributed by atoms with Crippen LogP contribution in [0.15, 0.2) is 42.6 Å². The molecule has 1 unspecified atom stereocenters. The fraction of sp³-hybridized carbons (Fsp3) is 0.250. The number of nitrogens with one attached hydrogen (secondary N) is 1. The lowest BCUT2D eigenvalue weighted by molar-refractivity contribution is -0.118. The Morgan fingerprint density at radius 3 is 2.87 bits per heavy atom. The smallest absolute Gasteiger partial charge is 0.243 e. The van der Waals surface area contributed by atoms with E-state index >= 15 is 0 Å². The Labute approximate surface area is 133 Å². The van der Waals surface area contributed by atoms with Crippen LogP contribution in [0.2, 0.25) is 0 Å². The second-order valence-electron chi connectivity index (χ2n) is 4.81. The molecule has 1 heterocycles. The van der Waals surface area contributed by atoms with Gasteiger partial charge in [-0.15, -0.1) is 0 Å². The second-order valence-corrected chi connectivity index (χ2v) is 4.81. The summed E-state index contributed by atoms with van der Waals surface area (Å²) in [5.74, 6) is -0.956. The minimum absolute atomic E-state index is 0.0786. The van der Waals surface area contributed by atoms with Crippen LogP contribution in [0, 0.1) is 5.82 Å². The lowest BCUT2D eigenvalue weighted by Crippen LogP contribution is -2.39. The van der Waals surface area contributed by atoms with Gasteiger partial charge in [-0.25, -0.2) is 4.39 Å². The molecule has 2 rings (SSSR count). The summed E-state index contributed by atoms with van der Waals surface area (Å²) < 4.78 is 24.2. The highest BCUT2D eigenvalue weighted by atomic mass is 19.1. The van der Waals surface area contributed by atoms with Gasteiger partial charge in [0.15, 0.2) is 11.6 Å². The van der Waals surface area contributed by atoms with Gasteiger partial charge in [0.1, 0.15) is 12.6 Å². The van der Waals surface area contributed by atoms with Crippen LogP contribution in [0.25, 0.3) is 0 Å². The zero-order chi connectivity index (χ0) is 16.7. The summed E-state index contributed by atoms with van der Waals surface area (Å²) >= 11 is 0. The summed E-state index contributed by atoms with van der Waals surface area (Å²) in [6.07, 6.45) is 1.64. The van der Waals surface area contributed by atoms with Crippen molar-refractivity contribution in [2.45, 2.75) is 12.6 Å². The van der Waals surface area contributed by atoms with Crippen LogP contribution in [0.1, 0.15) is 5.69 Å². The molecule has 1 aromatic heterocycles. The molecule has 1 atom stereocenters. The first-order chi connectivity index (χ1) is 11.1. The third kappa shape index (κ3) is 5.01. The summed E-state index contributed by atoms with van der Waals surface area (Å²) in [6, 6.07) is 8.72. The number of carbonyl (C=O) groups excluding carboxylic acids is 1. The van der Waals surface area contributed by atoms with Gasteiger partial charge in [-0.2, -0.15) is 0 Å². The first-order valence-corrected chi connectivity index (χ1v) is 6.98. The van der Waals surface area contributed by atoms with Gasteiger partial charge in [-0.1, -0.05) is 6.07 Å². The minimum atomic E-state index is -0.817. The Hall–Kier alpha value is -2.51. The summed E-state index contributed by atoms with van der Waals surface area (Å²) in [4.78, 5) is 15.8. The molecular formula is C16H18FN3O3. The maximum Gasteiger partial charge on any atom is 0.243 e. The SMILES string of the molecule is COCC(N)C(=O)Nc1ccc(OCc2ccccn2)c(F)c1. The van der Waals surface area contributed by atoms with Crippen LogP contribution in [-0.4, -0.2) is 30.6 Å². The van der Waals surface area contributed by atoms with Crippen molar-refractivity contribution in [2.75, 3.05) is 19.0 Å². The molecule has 0 saturated carbocycles. The molecule has 3 N–H and O–H groups in total. The predicted octanol–water partition coefficient (Wildman–Crippen LogP) is 1.71. The van der Waals surface area contributed by atoms with Crippen molar-refractivity contribution < 1.29 is 18.7 Å². The molecule has 0 aliphatic carbocycles. The van der Waals surface area contributed by atoms with Crippen molar-refractivity contribution in [3.8, 4) is 5.75 Å². The molecule has 7 heteroatoms. The Morgan fingerprint density at radius 1 is 1.39 bits per heavy atom. The number of aromatic nitrogens is 1. The number of methoxy groups -OCH3 is 1. The molecule has 0 saturated heterocycles. The van der Waals surface area contributed by atoms with Crippen molar-refractivity contribution in [2.24, 2.45) is 5.73 Å². The van der Waals surface area contributed by atoms with Gasteiger partial charge in [-0.3, -0.25) is 9.78 Å². The van der Waals surface area contributed by atoms with E-state index in [2.05, 4.69) is 10.3 Å². The van der Waals surface area contributed by atoms with E-state index in [9.17, 15) is 9.18 Å². The molecule has 0 fully saturated rings. The summed E-state index contributed by atoms with van der Waals surface area (Å²) in [5.41, 5.74) is 6.58. The maximum atomic E-state index is 14.0. The molecule has 0 spiro atoms. The van der Waals surface area contributed by atoms with Gasteiger partial charge in [0.2, 0.25) is 5.91 Å². The average molecular weight is 319 g/mol. The van der Waals surface area contributed by atoms with E-state index < -0.39 is 17.8 Å². The Bertz CT molecular complexity index is 652. The molecule has 6 nitrogen and oxygen atoms in total. The van der Waals surface area contributed by atoms with Crippen LogP contribution >= 0.6 is 0 Å². The number of ether oxygens (including phenoxy) is 2. The van der Waals surface area contributed by atoms with Crippen molar-refractivity contribution in [1.29, 1.82) is 0 Å². The zero-order valence-corrected chi connectivity index (χ0v) is 12.7. The lowest BCUT2D eigenvalue weighted by atomic mass is 10.2. The highest BCUT2D eigenvalue weighted by molar-refractivity contribution is 5.94. The highest BCUT2D eigenvalue weighted by Gasteiger charge is 2.14. The Kier molecular flexibility index (Phi) is 6.02. The van der Waals surface area contributed by atoms with E-state index in [1.807, 2.05) is 6.07 Å². The topological polar surface area (TPSA) is 86.5 Å². The molecule has 0 aliphatic rings. The summed E-state index contributed by atoms with van der Waals surface area (Å²) in [6.45, 7) is 0.238. The minimum Gasteiger partial charge on any atom is -0.484 e. The predicted molar refractivity (Wildman–Crippen MR) is 83.5 cm³/mol. The zero-order valence-electron chi connectivity index (χ0n) is 12.7. The Morgan fingerprint density at radius 2 is 2.22 bits per heavy atom. The number of pyridine rings is 1. The quantitative estimate of drug-likeness (QED) is 0.811. The molecule has 0 bridgehead atoms. The van der Waals surface area contributed by atoms with Crippen LogP contribution in [0.5, 0.6) is 5.75 Å². The molecule has 2 aromatic rings. The van der Waals surface area contributed by atoms with Crippen LogP contribution < -0.4 is 15.8 Å². The monoisotopic (exact) mass is 319 g/mol. The number of halogens is 1. The first-order valence-electron chi connectivity index (χ1n) is 6.98. The summed E-state index contributed by atoms with van der Waals surface area (Å²) in [5, 5.41) is 2.52. The summed E-state index contributed by atoms with van der Waals surface area (Å²) in [7, 11) is 1.44. The molecule has 0 aliphatic heterocycles. The van der Waals surface area contributed by atoms with E-state index in [1.54, 1.807) is 18.3 Å². The third-order valence-electron chi connectivity index (χ3n) is 2.98. The van der Waals surface area contributed by atoms with E-state index in [0.29, 0.717) is 11.4 Å². The van der Waals surface area contributed by atoms with Gasteiger partial charge in [0, 0.05) is 25.1 Å². The first kappa shape index (κ1) is 16.9. The normalized spacial score (nSPS) is 11.8. The van der Waals surface area contributed by atoms with Gasteiger partial charge >= 0.3 is 0 Å². The number of carbonyl (C=O) groups is 1. The molecule has 1 amide bonds. The fourth-order valence-electron chi connectivity index (χ4n) is 1.82. The van der Waals surface area contributed by atoms with Crippen molar-refractivity contribution >= 4 is 11.6 Å². The van der Waals surface area contributed by atoms with Crippen molar-refractivity contribution in [1.82, 2.24) is 4.98 Å². The molecular weight excluding hydrogens is 301 g/mol. The molecule has 122 valence electrons. The highest BCUT2D eigenvalue weighted by Crippen LogP contribution is 2.22. The van der Waals surface area contributed by atoms with E-state index in [-0.39, 0.29) is 19.0 Å². The van der Waals surface area contributed by atoms with Crippen molar-refractivity contribution in [3.63, 3.8) is 0 Å². The molecule has 0 radical (unpaired) electrons. The maximum absolute atomic E-state index is 14.0. The van der Waals surface area contributed by atoms with E-state index in [4.69, 9.17) is 15.2 Å². The number of nitrogens with two attached hydrogens (primary N) is 1. The average Bonchev–Trinajstić information content (AvgIpc) is 2.55. The largest absolute Gasteiger partial charge is 0.484 e. The number of amides is 1. The van der Waals surface area contributed by atoms with Crippen LogP contribution in [0.4, 0.5) is 10.1 Å². The second kappa shape index (κ2) is 8.21. The number of anilines is 1. The van der Waals surface area contributed by atoms with Crippen LogP contribution in [-0.2, 0) is 16.1 Å². The van der Waals surface area contributed by atoms with Crippen LogP contribution in [0.3, 0.4) is 0 Å². The molecule has 1 aromatic carbocycles. The third-order valence-corrected chi connectivity index (χ3v) is 2.98. The van der Waals surface area contributed by atoms with Gasteiger partial charge in [0.25, 0.3) is 0 Å². The fourth-order valence-corrected chi connectivity index (χ4v) is 1.82. The van der Waals surface area contributed by atoms with Gasteiger partial charge in [0.05, 0.1) is 12.3 Å².